The van der Waals surface area contributed by atoms with Gasteiger partial charge in [0.2, 0.25) is 0 Å². The van der Waals surface area contributed by atoms with Crippen molar-refractivity contribution >= 4 is 31.9 Å². The van der Waals surface area contributed by atoms with Gasteiger partial charge >= 0.3 is 0 Å². The van der Waals surface area contributed by atoms with Gasteiger partial charge in [0, 0.05) is 5.41 Å². The van der Waals surface area contributed by atoms with Crippen LogP contribution in [0, 0.1) is 5.41 Å². The minimum absolute atomic E-state index is 0.161. The summed E-state index contributed by atoms with van der Waals surface area (Å²) in [5.74, 6) is 0. The third kappa shape index (κ3) is 0.781. The number of hydrogen-bond donors (Lipinski definition) is 0. The van der Waals surface area contributed by atoms with E-state index in [0.29, 0.717) is 0 Å². The van der Waals surface area contributed by atoms with E-state index in [2.05, 4.69) is 45.4 Å². The van der Waals surface area contributed by atoms with Crippen LogP contribution in [-0.2, 0) is 0 Å². The molecule has 0 nitrogen and oxygen atoms in total. The van der Waals surface area contributed by atoms with Gasteiger partial charge in [-0.2, -0.15) is 0 Å². The zero-order valence-corrected chi connectivity index (χ0v) is 7.92. The first-order valence-electron chi connectivity index (χ1n) is 2.53. The molecule has 46 valence electrons. The van der Waals surface area contributed by atoms with Gasteiger partial charge in [0.15, 0.2) is 0 Å². The van der Waals surface area contributed by atoms with Crippen molar-refractivity contribution in [2.24, 2.45) is 5.41 Å². The third-order valence-electron chi connectivity index (χ3n) is 1.75. The van der Waals surface area contributed by atoms with Gasteiger partial charge in [0.25, 0.3) is 0 Å². The maximum absolute atomic E-state index is 3.73. The molecule has 0 aromatic carbocycles. The topological polar surface area (TPSA) is 0 Å². The van der Waals surface area contributed by atoms with Gasteiger partial charge in [-0.1, -0.05) is 44.9 Å². The number of halogens is 2. The van der Waals surface area contributed by atoms with Crippen molar-refractivity contribution in [1.82, 2.24) is 0 Å². The highest BCUT2D eigenvalue weighted by Crippen LogP contribution is 2.66. The fourth-order valence-corrected chi connectivity index (χ4v) is 2.13. The van der Waals surface area contributed by atoms with Crippen molar-refractivity contribution in [2.75, 3.05) is 0 Å². The summed E-state index contributed by atoms with van der Waals surface area (Å²) in [6.07, 6.45) is 3.12. The first-order chi connectivity index (χ1) is 3.52. The predicted octanol–water partition coefficient (Wildman–Crippen LogP) is 3.07. The summed E-state index contributed by atoms with van der Waals surface area (Å²) >= 11 is 7.03. The van der Waals surface area contributed by atoms with Crippen LogP contribution in [0.3, 0.4) is 0 Å². The van der Waals surface area contributed by atoms with Gasteiger partial charge < -0.3 is 0 Å². The lowest BCUT2D eigenvalue weighted by Gasteiger charge is -2.02. The van der Waals surface area contributed by atoms with Crippen molar-refractivity contribution in [3.63, 3.8) is 0 Å². The molecule has 0 aromatic rings. The molecule has 0 N–H and O–H groups in total. The van der Waals surface area contributed by atoms with Crippen LogP contribution in [-0.4, -0.2) is 3.23 Å². The minimum Gasteiger partial charge on any atom is -0.102 e. The molecule has 1 fully saturated rings. The molecule has 1 unspecified atom stereocenters. The Morgan fingerprint density at radius 1 is 1.62 bits per heavy atom. The van der Waals surface area contributed by atoms with Crippen LogP contribution >= 0.6 is 31.9 Å². The van der Waals surface area contributed by atoms with Crippen LogP contribution in [0.25, 0.3) is 0 Å². The molecular weight excluding hydrogens is 232 g/mol. The van der Waals surface area contributed by atoms with Crippen LogP contribution in [0.5, 0.6) is 0 Å². The van der Waals surface area contributed by atoms with E-state index < -0.39 is 0 Å². The number of hydrogen-bond acceptors (Lipinski definition) is 0. The summed E-state index contributed by atoms with van der Waals surface area (Å²) in [7, 11) is 0. The van der Waals surface area contributed by atoms with Crippen molar-refractivity contribution < 1.29 is 0 Å². The van der Waals surface area contributed by atoms with Gasteiger partial charge in [-0.3, -0.25) is 0 Å². The maximum atomic E-state index is 3.73. The number of alkyl halides is 2. The third-order valence-corrected chi connectivity index (χ3v) is 4.12. The largest absolute Gasteiger partial charge is 0.102 e. The maximum Gasteiger partial charge on any atom is 0.0902 e. The van der Waals surface area contributed by atoms with Gasteiger partial charge in [0.05, 0.1) is 3.23 Å². The standard InChI is InChI=1S/C6H8Br2/c1-3-5(2)4-6(5,7)8/h3H,1,4H2,2H3. The van der Waals surface area contributed by atoms with E-state index in [0.717, 1.165) is 6.42 Å². The summed E-state index contributed by atoms with van der Waals surface area (Å²) in [6.45, 7) is 5.90. The monoisotopic (exact) mass is 238 g/mol. The fraction of sp³-hybridized carbons (Fsp3) is 0.667. The van der Waals surface area contributed by atoms with E-state index in [1.54, 1.807) is 0 Å². The molecule has 8 heavy (non-hydrogen) atoms. The second-order valence-electron chi connectivity index (χ2n) is 2.50. The normalized spacial score (nSPS) is 41.4. The molecule has 0 amide bonds. The Kier molecular flexibility index (Phi) is 1.36. The van der Waals surface area contributed by atoms with Gasteiger partial charge in [-0.05, 0) is 6.42 Å². The number of allylic oxidation sites excluding steroid dienone is 1. The summed E-state index contributed by atoms with van der Waals surface area (Å²) < 4.78 is 0.161. The smallest absolute Gasteiger partial charge is 0.0902 e. The number of rotatable bonds is 1. The Hall–Kier alpha value is 0.700. The van der Waals surface area contributed by atoms with E-state index in [1.807, 2.05) is 6.08 Å². The summed E-state index contributed by atoms with van der Waals surface area (Å²) in [4.78, 5) is 0. The van der Waals surface area contributed by atoms with Crippen molar-refractivity contribution in [3.05, 3.63) is 12.7 Å². The van der Waals surface area contributed by atoms with Crippen molar-refractivity contribution in [2.45, 2.75) is 16.6 Å². The lowest BCUT2D eigenvalue weighted by atomic mass is 10.1. The van der Waals surface area contributed by atoms with E-state index in [4.69, 9.17) is 0 Å². The zero-order valence-electron chi connectivity index (χ0n) is 4.75. The van der Waals surface area contributed by atoms with Gasteiger partial charge in [-0.25, -0.2) is 0 Å². The zero-order chi connectivity index (χ0) is 6.41. The summed E-state index contributed by atoms with van der Waals surface area (Å²) in [5.41, 5.74) is 0.285. The molecule has 0 bridgehead atoms. The Morgan fingerprint density at radius 2 is 2.00 bits per heavy atom. The first-order valence-corrected chi connectivity index (χ1v) is 4.12. The molecule has 1 aliphatic rings. The van der Waals surface area contributed by atoms with E-state index in [9.17, 15) is 0 Å². The van der Waals surface area contributed by atoms with Crippen LogP contribution in [0.2, 0.25) is 0 Å². The lowest BCUT2D eigenvalue weighted by Crippen LogP contribution is -1.96. The average molecular weight is 240 g/mol. The molecular formula is C6H8Br2. The highest BCUT2D eigenvalue weighted by atomic mass is 79.9. The molecule has 1 aliphatic carbocycles. The quantitative estimate of drug-likeness (QED) is 0.488. The van der Waals surface area contributed by atoms with Crippen LogP contribution in [0.4, 0.5) is 0 Å². The van der Waals surface area contributed by atoms with Gasteiger partial charge in [-0.15, -0.1) is 6.58 Å². The van der Waals surface area contributed by atoms with Gasteiger partial charge in [0.1, 0.15) is 0 Å². The van der Waals surface area contributed by atoms with Crippen LogP contribution in [0.1, 0.15) is 13.3 Å². The van der Waals surface area contributed by atoms with E-state index in [-0.39, 0.29) is 8.65 Å². The summed E-state index contributed by atoms with van der Waals surface area (Å²) in [5, 5.41) is 0. The molecule has 0 aliphatic heterocycles. The second-order valence-corrected chi connectivity index (χ2v) is 6.27. The molecule has 0 spiro atoms. The highest BCUT2D eigenvalue weighted by molar-refractivity contribution is 9.25. The molecule has 0 radical (unpaired) electrons. The van der Waals surface area contributed by atoms with Crippen molar-refractivity contribution in [1.29, 1.82) is 0 Å². The Morgan fingerprint density at radius 3 is 2.00 bits per heavy atom. The van der Waals surface area contributed by atoms with Crippen molar-refractivity contribution in [3.8, 4) is 0 Å². The fourth-order valence-electron chi connectivity index (χ4n) is 0.639. The predicted molar refractivity (Wildman–Crippen MR) is 43.5 cm³/mol. The van der Waals surface area contributed by atoms with E-state index >= 15 is 0 Å². The first kappa shape index (κ1) is 6.81. The molecule has 2 heteroatoms. The Bertz CT molecular complexity index is 128. The molecule has 0 saturated heterocycles. The SMILES string of the molecule is C=CC1(C)CC1(Br)Br. The summed E-state index contributed by atoms with van der Waals surface area (Å²) in [6, 6.07) is 0. The molecule has 0 heterocycles. The minimum atomic E-state index is 0.161. The van der Waals surface area contributed by atoms with Crippen LogP contribution in [0.15, 0.2) is 12.7 Å². The molecule has 1 atom stereocenters. The lowest BCUT2D eigenvalue weighted by molar-refractivity contribution is 0.749. The average Bonchev–Trinajstić information content (AvgIpc) is 2.10. The highest BCUT2D eigenvalue weighted by Gasteiger charge is 2.59. The van der Waals surface area contributed by atoms with E-state index in [1.165, 1.54) is 0 Å². The second kappa shape index (κ2) is 1.60. The Labute approximate surface area is 66.6 Å². The molecule has 0 aromatic heterocycles. The molecule has 1 rings (SSSR count). The molecule has 1 saturated carbocycles. The van der Waals surface area contributed by atoms with Crippen LogP contribution < -0.4 is 0 Å². The Balaban J connectivity index is 2.68.